The summed E-state index contributed by atoms with van der Waals surface area (Å²) in [5, 5.41) is 16.5. The molecule has 94 valence electrons. The Hall–Kier alpha value is -1.56. The van der Waals surface area contributed by atoms with Crippen LogP contribution < -0.4 is 10.2 Å². The predicted octanol–water partition coefficient (Wildman–Crippen LogP) is 0.0615. The van der Waals surface area contributed by atoms with Gasteiger partial charge in [-0.1, -0.05) is 0 Å². The van der Waals surface area contributed by atoms with Gasteiger partial charge >= 0.3 is 5.97 Å². The number of nitrogens with one attached hydrogen (secondary N) is 1. The number of aliphatic carboxylic acids is 1. The molecule has 0 radical (unpaired) electrons. The molecular formula is C11H18N4O2. The zero-order valence-corrected chi connectivity index (χ0v) is 10.1. The van der Waals surface area contributed by atoms with Crippen molar-refractivity contribution in [2.75, 3.05) is 18.5 Å². The maximum atomic E-state index is 11.3. The van der Waals surface area contributed by atoms with E-state index >= 15 is 0 Å². The number of anilines is 1. The van der Waals surface area contributed by atoms with E-state index in [0.717, 1.165) is 18.7 Å². The van der Waals surface area contributed by atoms with Crippen LogP contribution >= 0.6 is 0 Å². The van der Waals surface area contributed by atoms with Crippen LogP contribution in [0, 0.1) is 0 Å². The highest BCUT2D eigenvalue weighted by atomic mass is 16.4. The van der Waals surface area contributed by atoms with Crippen LogP contribution in [0.5, 0.6) is 0 Å². The fourth-order valence-corrected chi connectivity index (χ4v) is 2.49. The van der Waals surface area contributed by atoms with Gasteiger partial charge in [0.1, 0.15) is 6.04 Å². The molecule has 0 saturated carbocycles. The molecule has 0 unspecified atom stereocenters. The summed E-state index contributed by atoms with van der Waals surface area (Å²) in [5.74, 6) is -0.757. The molecule has 0 amide bonds. The zero-order chi connectivity index (χ0) is 12.4. The Labute approximate surface area is 100 Å². The van der Waals surface area contributed by atoms with Crippen molar-refractivity contribution < 1.29 is 9.90 Å². The van der Waals surface area contributed by atoms with Gasteiger partial charge in [0.2, 0.25) is 0 Å². The second-order valence-corrected chi connectivity index (χ2v) is 4.42. The van der Waals surface area contributed by atoms with Crippen LogP contribution in [0.1, 0.15) is 12.8 Å². The van der Waals surface area contributed by atoms with Crippen LogP contribution in [0.2, 0.25) is 0 Å². The Bertz CT molecular complexity index is 404. The Kier molecular flexibility index (Phi) is 3.33. The fourth-order valence-electron chi connectivity index (χ4n) is 2.49. The lowest BCUT2D eigenvalue weighted by Gasteiger charge is -2.28. The summed E-state index contributed by atoms with van der Waals surface area (Å²) in [6.45, 7) is 0.790. The molecule has 2 N–H and O–H groups in total. The van der Waals surface area contributed by atoms with Gasteiger partial charge in [-0.2, -0.15) is 5.10 Å². The van der Waals surface area contributed by atoms with E-state index in [-0.39, 0.29) is 6.04 Å². The molecule has 1 aromatic heterocycles. The van der Waals surface area contributed by atoms with Crippen LogP contribution in [-0.2, 0) is 11.8 Å². The van der Waals surface area contributed by atoms with Gasteiger partial charge in [-0.3, -0.25) is 4.68 Å². The summed E-state index contributed by atoms with van der Waals surface area (Å²) in [7, 11) is 3.72. The van der Waals surface area contributed by atoms with E-state index in [4.69, 9.17) is 0 Å². The first kappa shape index (κ1) is 11.9. The Morgan fingerprint density at radius 3 is 2.94 bits per heavy atom. The molecular weight excluding hydrogens is 220 g/mol. The van der Waals surface area contributed by atoms with E-state index in [1.54, 1.807) is 10.9 Å². The smallest absolute Gasteiger partial charge is 0.326 e. The largest absolute Gasteiger partial charge is 0.480 e. The minimum absolute atomic E-state index is 0.227. The maximum absolute atomic E-state index is 11.3. The highest BCUT2D eigenvalue weighted by Crippen LogP contribution is 2.30. The topological polar surface area (TPSA) is 70.4 Å². The standard InChI is InChI=1S/C11H18N4O2/c1-12-5-8-3-4-10(11(16)17)15(8)9-6-13-14(2)7-9/h6-8,10,12H,3-5H2,1-2H3,(H,16,17)/t8-,10+/m1/s1. The Balaban J connectivity index is 2.25. The van der Waals surface area contributed by atoms with Crippen molar-refractivity contribution in [3.63, 3.8) is 0 Å². The molecule has 1 fully saturated rings. The van der Waals surface area contributed by atoms with E-state index in [9.17, 15) is 9.90 Å². The van der Waals surface area contributed by atoms with E-state index < -0.39 is 12.0 Å². The Morgan fingerprint density at radius 1 is 1.65 bits per heavy atom. The first-order valence-corrected chi connectivity index (χ1v) is 5.78. The molecule has 2 heterocycles. The molecule has 1 saturated heterocycles. The number of hydrogen-bond acceptors (Lipinski definition) is 4. The lowest BCUT2D eigenvalue weighted by Crippen LogP contribution is -2.44. The number of carboxylic acids is 1. The molecule has 6 heteroatoms. The lowest BCUT2D eigenvalue weighted by atomic mass is 10.2. The number of nitrogens with zero attached hydrogens (tertiary/aromatic N) is 3. The molecule has 0 aromatic carbocycles. The number of aryl methyl sites for hydroxylation is 1. The highest BCUT2D eigenvalue weighted by molar-refractivity contribution is 5.79. The third-order valence-electron chi connectivity index (χ3n) is 3.22. The monoisotopic (exact) mass is 238 g/mol. The molecule has 0 bridgehead atoms. The number of aromatic nitrogens is 2. The van der Waals surface area contributed by atoms with Gasteiger partial charge in [-0.15, -0.1) is 0 Å². The van der Waals surface area contributed by atoms with Crippen LogP contribution in [0.3, 0.4) is 0 Å². The molecule has 1 aromatic rings. The van der Waals surface area contributed by atoms with E-state index in [1.165, 1.54) is 0 Å². The van der Waals surface area contributed by atoms with Crippen molar-refractivity contribution in [3.05, 3.63) is 12.4 Å². The third-order valence-corrected chi connectivity index (χ3v) is 3.22. The molecule has 6 nitrogen and oxygen atoms in total. The minimum Gasteiger partial charge on any atom is -0.480 e. The van der Waals surface area contributed by atoms with Gasteiger partial charge in [0.15, 0.2) is 0 Å². The number of carbonyl (C=O) groups is 1. The second kappa shape index (κ2) is 4.75. The van der Waals surface area contributed by atoms with Gasteiger partial charge < -0.3 is 15.3 Å². The summed E-state index contributed by atoms with van der Waals surface area (Å²) < 4.78 is 1.70. The van der Waals surface area contributed by atoms with Gasteiger partial charge in [0, 0.05) is 25.8 Å². The van der Waals surface area contributed by atoms with Gasteiger partial charge in [-0.25, -0.2) is 4.79 Å². The van der Waals surface area contributed by atoms with Crippen LogP contribution in [0.15, 0.2) is 12.4 Å². The van der Waals surface area contributed by atoms with Crippen molar-refractivity contribution in [2.45, 2.75) is 24.9 Å². The lowest BCUT2D eigenvalue weighted by molar-refractivity contribution is -0.138. The highest BCUT2D eigenvalue weighted by Gasteiger charge is 2.38. The predicted molar refractivity (Wildman–Crippen MR) is 64.1 cm³/mol. The normalized spacial score (nSPS) is 24.2. The molecule has 0 spiro atoms. The summed E-state index contributed by atoms with van der Waals surface area (Å²) in [4.78, 5) is 13.2. The van der Waals surface area contributed by atoms with E-state index in [2.05, 4.69) is 10.4 Å². The summed E-state index contributed by atoms with van der Waals surface area (Å²) in [6.07, 6.45) is 5.18. The van der Waals surface area contributed by atoms with Crippen molar-refractivity contribution in [1.29, 1.82) is 0 Å². The summed E-state index contributed by atoms with van der Waals surface area (Å²) in [5.41, 5.74) is 0.887. The minimum atomic E-state index is -0.757. The SMILES string of the molecule is CNC[C@H]1CC[C@@H](C(=O)O)N1c1cnn(C)c1. The quantitative estimate of drug-likeness (QED) is 0.776. The number of hydrogen-bond donors (Lipinski definition) is 2. The number of likely N-dealkylation sites (N-methyl/N-ethyl adjacent to an activating group) is 1. The molecule has 2 atom stereocenters. The van der Waals surface area contributed by atoms with Crippen molar-refractivity contribution in [1.82, 2.24) is 15.1 Å². The average molecular weight is 238 g/mol. The van der Waals surface area contributed by atoms with Crippen LogP contribution in [0.25, 0.3) is 0 Å². The van der Waals surface area contributed by atoms with Crippen LogP contribution in [0.4, 0.5) is 5.69 Å². The molecule has 17 heavy (non-hydrogen) atoms. The van der Waals surface area contributed by atoms with E-state index in [1.807, 2.05) is 25.2 Å². The first-order chi connectivity index (χ1) is 8.13. The van der Waals surface area contributed by atoms with Crippen LogP contribution in [-0.4, -0.2) is 46.5 Å². The molecule has 0 aliphatic carbocycles. The first-order valence-electron chi connectivity index (χ1n) is 5.78. The van der Waals surface area contributed by atoms with Crippen molar-refractivity contribution in [2.24, 2.45) is 7.05 Å². The maximum Gasteiger partial charge on any atom is 0.326 e. The van der Waals surface area contributed by atoms with Crippen molar-refractivity contribution in [3.8, 4) is 0 Å². The van der Waals surface area contributed by atoms with Gasteiger partial charge in [0.25, 0.3) is 0 Å². The van der Waals surface area contributed by atoms with Crippen molar-refractivity contribution >= 4 is 11.7 Å². The zero-order valence-electron chi connectivity index (χ0n) is 10.1. The molecule has 1 aliphatic heterocycles. The average Bonchev–Trinajstić information content (AvgIpc) is 2.84. The second-order valence-electron chi connectivity index (χ2n) is 4.42. The van der Waals surface area contributed by atoms with E-state index in [0.29, 0.717) is 6.42 Å². The summed E-state index contributed by atoms with van der Waals surface area (Å²) in [6, 6.07) is -0.206. The number of carboxylic acid groups (broad SMARTS) is 1. The summed E-state index contributed by atoms with van der Waals surface area (Å²) >= 11 is 0. The Morgan fingerprint density at radius 2 is 2.41 bits per heavy atom. The van der Waals surface area contributed by atoms with Gasteiger partial charge in [0.05, 0.1) is 11.9 Å². The van der Waals surface area contributed by atoms with Gasteiger partial charge in [-0.05, 0) is 19.9 Å². The fraction of sp³-hybridized carbons (Fsp3) is 0.636. The molecule has 1 aliphatic rings. The number of rotatable bonds is 4. The molecule has 2 rings (SSSR count). The third kappa shape index (κ3) is 2.26.